The fraction of sp³-hybridized carbons (Fsp3) is 0.468. The summed E-state index contributed by atoms with van der Waals surface area (Å²) in [5, 5.41) is 90.6. The Labute approximate surface area is 651 Å². The Kier molecular flexibility index (Phi) is 33.1. The van der Waals surface area contributed by atoms with E-state index in [-0.39, 0.29) is 16.7 Å². The number of carbonyl (C=O) groups excluding carboxylic acids is 13. The first-order valence-corrected chi connectivity index (χ1v) is 37.0. The number of nitrogens with two attached hydrogens (primary N) is 1. The molecule has 2 aromatic heterocycles. The number of nitrogens with one attached hydrogen (secondary N) is 10. The molecule has 37 heteroatoms. The van der Waals surface area contributed by atoms with Crippen LogP contribution in [0.1, 0.15) is 146 Å². The Hall–Kier alpha value is -12.3. The lowest BCUT2D eigenvalue weighted by Gasteiger charge is -2.29. The molecular formula is C77H95N11O26. The number of carboxylic acids is 4. The minimum absolute atomic E-state index is 0.171. The van der Waals surface area contributed by atoms with Gasteiger partial charge in [-0.1, -0.05) is 107 Å². The molecule has 5 aromatic rings. The number of rotatable bonds is 30. The summed E-state index contributed by atoms with van der Waals surface area (Å²) < 4.78 is 11.7. The van der Waals surface area contributed by atoms with Gasteiger partial charge < -0.3 is 103 Å². The highest BCUT2D eigenvalue weighted by Crippen LogP contribution is 2.32. The van der Waals surface area contributed by atoms with E-state index in [4.69, 9.17) is 15.2 Å². The van der Waals surface area contributed by atoms with Crippen LogP contribution in [-0.4, -0.2) is 220 Å². The Morgan fingerprint density at radius 3 is 1.86 bits per heavy atom. The largest absolute Gasteiger partial charge is 0.508 e. The molecule has 37 nitrogen and oxygen atoms in total. The second-order valence-corrected chi connectivity index (χ2v) is 28.5. The summed E-state index contributed by atoms with van der Waals surface area (Å²) in [5.74, 6) is -28.4. The Bertz CT molecular complexity index is 4420. The first-order valence-electron chi connectivity index (χ1n) is 37.0. The molecule has 2 aliphatic heterocycles. The maximum atomic E-state index is 15.5. The molecule has 0 unspecified atom stereocenters. The number of phenols is 1. The quantitative estimate of drug-likeness (QED) is 0.0129. The molecule has 9 amide bonds. The Morgan fingerprint density at radius 1 is 0.623 bits per heavy atom. The monoisotopic (exact) mass is 1590 g/mol. The number of carbonyl (C=O) groups is 17. The molecule has 4 heterocycles. The summed E-state index contributed by atoms with van der Waals surface area (Å²) >= 11 is 0. The number of fused-ring (bicyclic) bond motifs is 2. The number of para-hydroxylation sites is 2. The van der Waals surface area contributed by atoms with Crippen LogP contribution in [0, 0.1) is 17.8 Å². The van der Waals surface area contributed by atoms with Gasteiger partial charge in [-0.3, -0.25) is 76.7 Å². The highest BCUT2D eigenvalue weighted by molar-refractivity contribution is 6.06. The third-order valence-corrected chi connectivity index (χ3v) is 19.2. The van der Waals surface area contributed by atoms with Crippen molar-refractivity contribution in [1.29, 1.82) is 0 Å². The van der Waals surface area contributed by atoms with Crippen molar-refractivity contribution < 1.29 is 127 Å². The number of epoxide rings is 1. The third-order valence-electron chi connectivity index (χ3n) is 19.2. The van der Waals surface area contributed by atoms with Crippen molar-refractivity contribution in [2.45, 2.75) is 197 Å². The smallest absolute Gasteiger partial charge is 0.334 e. The molecule has 0 radical (unpaired) electrons. The van der Waals surface area contributed by atoms with Gasteiger partial charge in [0.2, 0.25) is 53.2 Å². The van der Waals surface area contributed by atoms with Crippen LogP contribution in [0.4, 0.5) is 0 Å². The van der Waals surface area contributed by atoms with Gasteiger partial charge in [-0.05, 0) is 67.2 Å². The summed E-state index contributed by atoms with van der Waals surface area (Å²) in [5.41, 5.74) is 5.84. The number of carboxylic acid groups (broad SMARTS) is 4. The van der Waals surface area contributed by atoms with Crippen LogP contribution in [0.15, 0.2) is 90.8 Å². The number of unbranched alkanes of at least 4 members (excludes halogenated alkanes) is 5. The second kappa shape index (κ2) is 42.4. The van der Waals surface area contributed by atoms with Gasteiger partial charge in [0.1, 0.15) is 48.2 Å². The van der Waals surface area contributed by atoms with Crippen LogP contribution in [0.5, 0.6) is 5.75 Å². The Balaban J connectivity index is 1.34. The number of esters is 1. The predicted molar refractivity (Wildman–Crippen MR) is 400 cm³/mol. The summed E-state index contributed by atoms with van der Waals surface area (Å²) in [7, 11) is 0. The Morgan fingerprint density at radius 2 is 1.22 bits per heavy atom. The highest BCUT2D eigenvalue weighted by Gasteiger charge is 2.46. The summed E-state index contributed by atoms with van der Waals surface area (Å²) in [6, 6.07) is 1.67. The summed E-state index contributed by atoms with van der Waals surface area (Å²) in [6.07, 6.45) is -4.09. The zero-order chi connectivity index (χ0) is 83.6. The van der Waals surface area contributed by atoms with Crippen molar-refractivity contribution in [3.8, 4) is 5.75 Å². The number of aliphatic hydroxyl groups is 2. The maximum absolute atomic E-state index is 15.5. The molecule has 13 atom stereocenters. The van der Waals surface area contributed by atoms with E-state index < -0.39 is 261 Å². The van der Waals surface area contributed by atoms with Gasteiger partial charge in [-0.25, -0.2) is 4.79 Å². The molecule has 614 valence electrons. The van der Waals surface area contributed by atoms with Gasteiger partial charge in [0.05, 0.1) is 62.4 Å². The number of aromatic nitrogens is 2. The topological polar surface area (TPSA) is 607 Å². The number of aliphatic carboxylic acids is 4. The number of amides is 9. The van der Waals surface area contributed by atoms with E-state index in [1.807, 2.05) is 10.6 Å². The normalized spacial score (nSPS) is 23.3. The van der Waals surface area contributed by atoms with Crippen LogP contribution in [0.3, 0.4) is 0 Å². The number of phenolic OH excluding ortho intramolecular Hbond substituents is 1. The number of H-pyrrole nitrogens is 2. The lowest BCUT2D eigenvalue weighted by Crippen LogP contribution is -2.60. The van der Waals surface area contributed by atoms with Gasteiger partial charge in [0.15, 0.2) is 23.5 Å². The SMILES string of the molecule is CC(C)CCCCCCCC[C@H]1O[C@@H]1C(=O)C[C@@H](CO)C(=O)N[C@@H]1C(=O)N[C@H](Cc2c[nH]c3ccccc23)C(=O)N[C@@H](CC(=O)O)C(=O)C[C@@H](CC(=O)O)C(=O)N[C@H](c2ccc(O)cc2)C(=O)N[C@@H](CC(=O)O)C(=O)NCC(=O)N[C@H]([C@H](O)C(N)=O)C(=O)N[C@H](CCC(=O)O)C(=O)C/C(=C\c2c[nH]c3ccccc23)C(=O)O[C@@H]1C. The fourth-order valence-corrected chi connectivity index (χ4v) is 12.9. The molecule has 2 aliphatic rings. The van der Waals surface area contributed by atoms with E-state index in [2.05, 4.69) is 55.7 Å². The number of hydrogen-bond donors (Lipinski definition) is 18. The molecule has 0 spiro atoms. The first-order chi connectivity index (χ1) is 54.1. The molecule has 2 saturated heterocycles. The van der Waals surface area contributed by atoms with Gasteiger partial charge in [0, 0.05) is 77.4 Å². The molecule has 114 heavy (non-hydrogen) atoms. The van der Waals surface area contributed by atoms with Crippen molar-refractivity contribution in [1.82, 2.24) is 52.5 Å². The maximum Gasteiger partial charge on any atom is 0.334 e. The number of primary amides is 1. The molecule has 19 N–H and O–H groups in total. The van der Waals surface area contributed by atoms with E-state index in [1.165, 1.54) is 12.4 Å². The molecule has 0 saturated carbocycles. The van der Waals surface area contributed by atoms with Gasteiger partial charge >= 0.3 is 29.8 Å². The van der Waals surface area contributed by atoms with Crippen LogP contribution >= 0.6 is 0 Å². The number of aromatic amines is 2. The first kappa shape index (κ1) is 89.0. The zero-order valence-corrected chi connectivity index (χ0v) is 62.6. The van der Waals surface area contributed by atoms with Crippen molar-refractivity contribution in [2.75, 3.05) is 13.2 Å². The van der Waals surface area contributed by atoms with E-state index in [1.54, 1.807) is 48.5 Å². The molecular weight excluding hydrogens is 1490 g/mol. The summed E-state index contributed by atoms with van der Waals surface area (Å²) in [4.78, 5) is 243. The number of benzene rings is 3. The number of aromatic hydroxyl groups is 1. The third kappa shape index (κ3) is 26.7. The highest BCUT2D eigenvalue weighted by atomic mass is 16.6. The van der Waals surface area contributed by atoms with Crippen molar-refractivity contribution in [3.63, 3.8) is 0 Å². The van der Waals surface area contributed by atoms with Crippen LogP contribution in [0.2, 0.25) is 0 Å². The average molecular weight is 1590 g/mol. The van der Waals surface area contributed by atoms with Crippen molar-refractivity contribution in [3.05, 3.63) is 107 Å². The fourth-order valence-electron chi connectivity index (χ4n) is 12.9. The molecule has 2 fully saturated rings. The minimum Gasteiger partial charge on any atom is -0.508 e. The van der Waals surface area contributed by atoms with E-state index in [9.17, 15) is 103 Å². The zero-order valence-electron chi connectivity index (χ0n) is 62.6. The molecule has 3 aromatic carbocycles. The predicted octanol–water partition coefficient (Wildman–Crippen LogP) is 0.590. The molecule has 7 rings (SSSR count). The standard InChI is InChI=1S/C77H95N11O26/c1-38(2)14-8-6-4-5-7-9-19-58-68(114-58)57(93)30-45(37-89)71(106)87-64-39(3)113-77(112)42(26-43-34-79-49-17-12-10-15-47(43)49)29-55(91)51(24-25-60(95)96)82-76(111)66(67(103)69(78)104)86-59(94)36-81-72(107)54(33-63(101)102)85-75(110)65(40-20-22-46(90)23-21-40)88-70(105)41(31-61(97)98)28-56(92)52(32-62(99)100)83-73(108)53(84-74(64)109)27-44-35-80-50-18-13-11-16-48(44)50/h10-13,15-18,20-23,26,34-35,38-39,41,45,51-54,58,64-68,79-80,89-90,103H,4-9,14,19,24-25,27-33,36-37H2,1-3H3,(H2,78,104)(H,81,107)(H,82,111)(H,83,108)(H,84,109)(H,85,110)(H,86,94)(H,87,106)(H,88,105)(H,95,96)(H,97,98)(H,99,100)(H,101,102)/b42-26+/t39-,41+,45+,51-,52+,53-,54+,58-,64+,65-,66-,67+,68-/m1/s1. The van der Waals surface area contributed by atoms with E-state index in [0.29, 0.717) is 34.1 Å². The number of cyclic esters (lactones) is 1. The lowest BCUT2D eigenvalue weighted by molar-refractivity contribution is -0.150. The number of hydrogen-bond acceptors (Lipinski definition) is 22. The number of aliphatic hydroxyl groups excluding tert-OH is 2. The summed E-state index contributed by atoms with van der Waals surface area (Å²) in [6.45, 7) is 3.03. The number of ether oxygens (including phenoxy) is 2. The van der Waals surface area contributed by atoms with Crippen LogP contribution in [0.25, 0.3) is 27.9 Å². The van der Waals surface area contributed by atoms with Crippen LogP contribution < -0.4 is 48.3 Å². The van der Waals surface area contributed by atoms with E-state index in [0.717, 1.165) is 82.2 Å². The number of Topliss-reactive ketones (excluding diaryl/α,β-unsaturated/α-hetero) is 3. The van der Waals surface area contributed by atoms with Crippen LogP contribution in [-0.2, 0) is 97.4 Å². The van der Waals surface area contributed by atoms with Crippen molar-refractivity contribution in [2.24, 2.45) is 23.5 Å². The molecule has 0 bridgehead atoms. The van der Waals surface area contributed by atoms with Crippen molar-refractivity contribution >= 4 is 128 Å². The van der Waals surface area contributed by atoms with Gasteiger partial charge in [-0.2, -0.15) is 0 Å². The lowest BCUT2D eigenvalue weighted by atomic mass is 9.92. The molecule has 0 aliphatic carbocycles. The van der Waals surface area contributed by atoms with Gasteiger partial charge in [0.25, 0.3) is 0 Å². The van der Waals surface area contributed by atoms with E-state index >= 15 is 14.4 Å². The second-order valence-electron chi connectivity index (χ2n) is 28.5. The number of ketones is 3. The van der Waals surface area contributed by atoms with Gasteiger partial charge in [-0.15, -0.1) is 0 Å². The minimum atomic E-state index is -2.70. The average Bonchev–Trinajstić information content (AvgIpc) is 1.61.